The second kappa shape index (κ2) is 11.1. The Kier molecular flexibility index (Phi) is 8.75. The molecule has 26 heavy (non-hydrogen) atoms. The molecule has 1 aliphatic heterocycles. The van der Waals surface area contributed by atoms with E-state index in [0.717, 1.165) is 36.9 Å². The van der Waals surface area contributed by atoms with Crippen LogP contribution in [-0.4, -0.2) is 56.2 Å². The Morgan fingerprint density at radius 3 is 2.85 bits per heavy atom. The summed E-state index contributed by atoms with van der Waals surface area (Å²) in [5.74, 6) is 2.53. The number of guanidine groups is 1. The van der Waals surface area contributed by atoms with Crippen LogP contribution in [0, 0.1) is 12.8 Å². The van der Waals surface area contributed by atoms with Crippen molar-refractivity contribution in [3.05, 3.63) is 29.8 Å². The zero-order valence-electron chi connectivity index (χ0n) is 16.9. The first-order valence-corrected chi connectivity index (χ1v) is 10.1. The van der Waals surface area contributed by atoms with Crippen LogP contribution in [-0.2, 0) is 0 Å². The Morgan fingerprint density at radius 2 is 2.12 bits per heavy atom. The average molecular weight is 361 g/mol. The summed E-state index contributed by atoms with van der Waals surface area (Å²) in [7, 11) is 0. The summed E-state index contributed by atoms with van der Waals surface area (Å²) in [5.41, 5.74) is 1.16. The SMILES string of the molecule is CCNC(=NCC(C)Oc1ccccc1C)NCC1CCCN(CC)C1. The molecule has 0 spiro atoms. The van der Waals surface area contributed by atoms with E-state index >= 15 is 0 Å². The maximum absolute atomic E-state index is 6.03. The largest absolute Gasteiger partial charge is 0.489 e. The second-order valence-corrected chi connectivity index (χ2v) is 7.20. The van der Waals surface area contributed by atoms with E-state index in [9.17, 15) is 0 Å². The monoisotopic (exact) mass is 360 g/mol. The van der Waals surface area contributed by atoms with Gasteiger partial charge in [0.1, 0.15) is 11.9 Å². The number of likely N-dealkylation sites (tertiary alicyclic amines) is 1. The molecule has 2 unspecified atom stereocenters. The average Bonchev–Trinajstić information content (AvgIpc) is 2.66. The summed E-state index contributed by atoms with van der Waals surface area (Å²) < 4.78 is 6.03. The fourth-order valence-electron chi connectivity index (χ4n) is 3.35. The molecule has 2 rings (SSSR count). The van der Waals surface area contributed by atoms with Crippen LogP contribution in [0.2, 0.25) is 0 Å². The van der Waals surface area contributed by atoms with Gasteiger partial charge in [-0.1, -0.05) is 25.1 Å². The Hall–Kier alpha value is -1.75. The summed E-state index contributed by atoms with van der Waals surface area (Å²) in [4.78, 5) is 7.26. The minimum absolute atomic E-state index is 0.0387. The van der Waals surface area contributed by atoms with Crippen molar-refractivity contribution in [2.24, 2.45) is 10.9 Å². The number of nitrogens with zero attached hydrogens (tertiary/aromatic N) is 2. The number of benzene rings is 1. The topological polar surface area (TPSA) is 48.9 Å². The third-order valence-corrected chi connectivity index (χ3v) is 4.88. The lowest BCUT2D eigenvalue weighted by molar-refractivity contribution is 0.183. The van der Waals surface area contributed by atoms with Crippen LogP contribution in [0.15, 0.2) is 29.3 Å². The first-order valence-electron chi connectivity index (χ1n) is 10.1. The van der Waals surface area contributed by atoms with E-state index in [2.05, 4.69) is 49.3 Å². The van der Waals surface area contributed by atoms with Crippen LogP contribution in [0.5, 0.6) is 5.75 Å². The van der Waals surface area contributed by atoms with Crippen molar-refractivity contribution in [3.8, 4) is 5.75 Å². The van der Waals surface area contributed by atoms with Crippen molar-refractivity contribution in [1.29, 1.82) is 0 Å². The summed E-state index contributed by atoms with van der Waals surface area (Å²) in [6.07, 6.45) is 2.64. The second-order valence-electron chi connectivity index (χ2n) is 7.20. The number of rotatable bonds is 8. The first-order chi connectivity index (χ1) is 12.6. The Bertz CT molecular complexity index is 561. The Balaban J connectivity index is 1.82. The molecule has 2 N–H and O–H groups in total. The van der Waals surface area contributed by atoms with E-state index in [1.165, 1.54) is 25.9 Å². The number of hydrogen-bond donors (Lipinski definition) is 2. The number of ether oxygens (including phenoxy) is 1. The molecule has 0 radical (unpaired) electrons. The molecule has 0 amide bonds. The third-order valence-electron chi connectivity index (χ3n) is 4.88. The van der Waals surface area contributed by atoms with Crippen LogP contribution >= 0.6 is 0 Å². The van der Waals surface area contributed by atoms with E-state index in [1.54, 1.807) is 0 Å². The molecular formula is C21H36N4O. The summed E-state index contributed by atoms with van der Waals surface area (Å²) in [6, 6.07) is 8.12. The number of piperidine rings is 1. The smallest absolute Gasteiger partial charge is 0.191 e. The van der Waals surface area contributed by atoms with E-state index in [4.69, 9.17) is 9.73 Å². The molecular weight excluding hydrogens is 324 g/mol. The van der Waals surface area contributed by atoms with Gasteiger partial charge < -0.3 is 20.3 Å². The third kappa shape index (κ3) is 6.87. The van der Waals surface area contributed by atoms with Crippen LogP contribution in [0.4, 0.5) is 0 Å². The van der Waals surface area contributed by atoms with Gasteiger partial charge in [-0.05, 0) is 64.3 Å². The Morgan fingerprint density at radius 1 is 1.31 bits per heavy atom. The van der Waals surface area contributed by atoms with Gasteiger partial charge in [0.25, 0.3) is 0 Å². The number of para-hydroxylation sites is 1. The Labute approximate surface area is 159 Å². The molecule has 0 aliphatic carbocycles. The maximum Gasteiger partial charge on any atom is 0.191 e. The summed E-state index contributed by atoms with van der Waals surface area (Å²) in [5, 5.41) is 6.87. The van der Waals surface area contributed by atoms with Crippen molar-refractivity contribution in [3.63, 3.8) is 0 Å². The van der Waals surface area contributed by atoms with Crippen molar-refractivity contribution in [2.45, 2.75) is 46.6 Å². The molecule has 0 bridgehead atoms. The summed E-state index contributed by atoms with van der Waals surface area (Å²) in [6.45, 7) is 14.6. The highest BCUT2D eigenvalue weighted by Gasteiger charge is 2.18. The highest BCUT2D eigenvalue weighted by molar-refractivity contribution is 5.79. The molecule has 1 heterocycles. The minimum atomic E-state index is 0.0387. The van der Waals surface area contributed by atoms with Gasteiger partial charge in [0.2, 0.25) is 0 Å². The molecule has 1 fully saturated rings. The lowest BCUT2D eigenvalue weighted by atomic mass is 9.98. The van der Waals surface area contributed by atoms with Crippen LogP contribution in [0.3, 0.4) is 0 Å². The standard InChI is InChI=1S/C21H36N4O/c1-5-22-21(24-15-19-11-9-13-25(6-2)16-19)23-14-18(4)26-20-12-8-7-10-17(20)3/h7-8,10,12,18-19H,5-6,9,11,13-16H2,1-4H3,(H2,22,23,24). The normalized spacial score (nSPS) is 19.8. The lowest BCUT2D eigenvalue weighted by Gasteiger charge is -2.32. The van der Waals surface area contributed by atoms with Gasteiger partial charge in [0.15, 0.2) is 5.96 Å². The molecule has 5 nitrogen and oxygen atoms in total. The molecule has 1 aromatic carbocycles. The molecule has 2 atom stereocenters. The van der Waals surface area contributed by atoms with Crippen molar-refractivity contribution >= 4 is 5.96 Å². The molecule has 146 valence electrons. The van der Waals surface area contributed by atoms with Crippen molar-refractivity contribution < 1.29 is 4.74 Å². The first kappa shape index (κ1) is 20.6. The highest BCUT2D eigenvalue weighted by Crippen LogP contribution is 2.18. The van der Waals surface area contributed by atoms with E-state index in [-0.39, 0.29) is 6.10 Å². The van der Waals surface area contributed by atoms with Gasteiger partial charge >= 0.3 is 0 Å². The predicted molar refractivity (Wildman–Crippen MR) is 110 cm³/mol. The van der Waals surface area contributed by atoms with Gasteiger partial charge in [0.05, 0.1) is 6.54 Å². The van der Waals surface area contributed by atoms with Gasteiger partial charge in [-0.15, -0.1) is 0 Å². The quantitative estimate of drug-likeness (QED) is 0.553. The van der Waals surface area contributed by atoms with Crippen LogP contribution < -0.4 is 15.4 Å². The zero-order valence-corrected chi connectivity index (χ0v) is 16.9. The number of aryl methyl sites for hydroxylation is 1. The van der Waals surface area contributed by atoms with Gasteiger partial charge in [-0.2, -0.15) is 0 Å². The summed E-state index contributed by atoms with van der Waals surface area (Å²) >= 11 is 0. The lowest BCUT2D eigenvalue weighted by Crippen LogP contribution is -2.44. The van der Waals surface area contributed by atoms with Gasteiger partial charge in [-0.3, -0.25) is 0 Å². The van der Waals surface area contributed by atoms with Crippen molar-refractivity contribution in [2.75, 3.05) is 39.3 Å². The number of nitrogens with one attached hydrogen (secondary N) is 2. The van der Waals surface area contributed by atoms with Crippen molar-refractivity contribution in [1.82, 2.24) is 15.5 Å². The molecule has 1 aromatic rings. The zero-order chi connectivity index (χ0) is 18.8. The van der Waals surface area contributed by atoms with Crippen LogP contribution in [0.25, 0.3) is 0 Å². The minimum Gasteiger partial charge on any atom is -0.489 e. The fourth-order valence-corrected chi connectivity index (χ4v) is 3.35. The highest BCUT2D eigenvalue weighted by atomic mass is 16.5. The molecule has 1 saturated heterocycles. The molecule has 5 heteroatoms. The van der Waals surface area contributed by atoms with Gasteiger partial charge in [-0.25, -0.2) is 4.99 Å². The van der Waals surface area contributed by atoms with Gasteiger partial charge in [0, 0.05) is 19.6 Å². The molecule has 1 aliphatic rings. The molecule has 0 saturated carbocycles. The van der Waals surface area contributed by atoms with Crippen LogP contribution in [0.1, 0.15) is 39.2 Å². The predicted octanol–water partition coefficient (Wildman–Crippen LogP) is 3.05. The number of hydrogen-bond acceptors (Lipinski definition) is 3. The van der Waals surface area contributed by atoms with E-state index < -0.39 is 0 Å². The molecule has 0 aromatic heterocycles. The maximum atomic E-state index is 6.03. The van der Waals surface area contributed by atoms with E-state index in [0.29, 0.717) is 12.5 Å². The van der Waals surface area contributed by atoms with E-state index in [1.807, 2.05) is 18.2 Å². The number of aliphatic imine (C=N–C) groups is 1. The fraction of sp³-hybridized carbons (Fsp3) is 0.667.